The number of likely N-dealkylation sites (N-methyl/N-ethyl adjacent to an activating group) is 1. The molecule has 1 aromatic rings. The smallest absolute Gasteiger partial charge is 0.290 e. The lowest BCUT2D eigenvalue weighted by Gasteiger charge is -2.19. The van der Waals surface area contributed by atoms with Crippen LogP contribution in [0.1, 0.15) is 12.8 Å². The number of anilines is 1. The minimum absolute atomic E-state index is 0.154. The molecule has 0 spiro atoms. The van der Waals surface area contributed by atoms with E-state index in [-0.39, 0.29) is 5.56 Å². The standard InChI is InChI=1S/C10H16N4O/c1-14-6-2-3-8(14)7-13-9-10(15)12-5-4-11-9/h4-5,8H,2-3,6-7H2,1H3,(H,11,13)(H,12,15). The van der Waals surface area contributed by atoms with Gasteiger partial charge in [0.15, 0.2) is 5.82 Å². The molecule has 2 N–H and O–H groups in total. The van der Waals surface area contributed by atoms with Crippen LogP contribution in [0.25, 0.3) is 0 Å². The quantitative estimate of drug-likeness (QED) is 0.749. The summed E-state index contributed by atoms with van der Waals surface area (Å²) >= 11 is 0. The zero-order valence-corrected chi connectivity index (χ0v) is 8.86. The van der Waals surface area contributed by atoms with Crippen molar-refractivity contribution in [2.24, 2.45) is 0 Å². The van der Waals surface area contributed by atoms with Crippen molar-refractivity contribution in [1.82, 2.24) is 14.9 Å². The van der Waals surface area contributed by atoms with E-state index >= 15 is 0 Å². The minimum Gasteiger partial charge on any atom is -0.364 e. The van der Waals surface area contributed by atoms with Crippen LogP contribution in [0, 0.1) is 0 Å². The van der Waals surface area contributed by atoms with Gasteiger partial charge in [-0.15, -0.1) is 0 Å². The maximum atomic E-state index is 11.3. The number of nitrogens with zero attached hydrogens (tertiary/aromatic N) is 2. The molecule has 1 aliphatic heterocycles. The van der Waals surface area contributed by atoms with Gasteiger partial charge in [-0.05, 0) is 26.4 Å². The topological polar surface area (TPSA) is 61.0 Å². The van der Waals surface area contributed by atoms with Crippen LogP contribution in [-0.4, -0.2) is 41.0 Å². The van der Waals surface area contributed by atoms with Crippen molar-refractivity contribution in [1.29, 1.82) is 0 Å². The highest BCUT2D eigenvalue weighted by Gasteiger charge is 2.20. The molecule has 0 saturated carbocycles. The van der Waals surface area contributed by atoms with Crippen LogP contribution in [0.4, 0.5) is 5.82 Å². The molecule has 1 atom stereocenters. The van der Waals surface area contributed by atoms with E-state index in [0.717, 1.165) is 13.1 Å². The molecule has 15 heavy (non-hydrogen) atoms. The van der Waals surface area contributed by atoms with Gasteiger partial charge in [-0.3, -0.25) is 4.79 Å². The van der Waals surface area contributed by atoms with Crippen molar-refractivity contribution < 1.29 is 0 Å². The predicted octanol–water partition coefficient (Wildman–Crippen LogP) is 0.276. The van der Waals surface area contributed by atoms with E-state index in [1.807, 2.05) is 0 Å². The van der Waals surface area contributed by atoms with Crippen LogP contribution >= 0.6 is 0 Å². The van der Waals surface area contributed by atoms with Gasteiger partial charge < -0.3 is 15.2 Å². The number of rotatable bonds is 3. The van der Waals surface area contributed by atoms with E-state index in [0.29, 0.717) is 11.9 Å². The molecule has 5 heteroatoms. The summed E-state index contributed by atoms with van der Waals surface area (Å²) in [5.41, 5.74) is -0.154. The monoisotopic (exact) mass is 208 g/mol. The van der Waals surface area contributed by atoms with E-state index in [9.17, 15) is 4.79 Å². The van der Waals surface area contributed by atoms with Gasteiger partial charge in [0.05, 0.1) is 0 Å². The third kappa shape index (κ3) is 2.36. The molecule has 82 valence electrons. The first-order chi connectivity index (χ1) is 7.27. The Morgan fingerprint density at radius 3 is 3.27 bits per heavy atom. The van der Waals surface area contributed by atoms with Crippen molar-refractivity contribution in [3.8, 4) is 0 Å². The number of nitrogens with one attached hydrogen (secondary N) is 2. The van der Waals surface area contributed by atoms with Crippen LogP contribution in [0.3, 0.4) is 0 Å². The van der Waals surface area contributed by atoms with Gasteiger partial charge in [-0.25, -0.2) is 4.98 Å². The SMILES string of the molecule is CN1CCCC1CNc1ncc[nH]c1=O. The Morgan fingerprint density at radius 1 is 1.73 bits per heavy atom. The molecule has 2 rings (SSSR count). The number of aromatic amines is 1. The van der Waals surface area contributed by atoms with E-state index in [2.05, 4.69) is 27.2 Å². The highest BCUT2D eigenvalue weighted by Crippen LogP contribution is 2.14. The molecule has 2 heterocycles. The number of hydrogen-bond acceptors (Lipinski definition) is 4. The summed E-state index contributed by atoms with van der Waals surface area (Å²) < 4.78 is 0. The summed E-state index contributed by atoms with van der Waals surface area (Å²) in [5, 5.41) is 3.09. The van der Waals surface area contributed by atoms with E-state index in [4.69, 9.17) is 0 Å². The Balaban J connectivity index is 1.93. The Labute approximate surface area is 88.5 Å². The van der Waals surface area contributed by atoms with Crippen LogP contribution in [0.5, 0.6) is 0 Å². The van der Waals surface area contributed by atoms with E-state index in [1.165, 1.54) is 19.0 Å². The third-order valence-electron chi connectivity index (χ3n) is 2.88. The van der Waals surface area contributed by atoms with Crippen LogP contribution in [0.2, 0.25) is 0 Å². The van der Waals surface area contributed by atoms with Crippen molar-refractivity contribution >= 4 is 5.82 Å². The number of H-pyrrole nitrogens is 1. The summed E-state index contributed by atoms with van der Waals surface area (Å²) in [5.74, 6) is 0.415. The second kappa shape index (κ2) is 4.44. The largest absolute Gasteiger partial charge is 0.364 e. The average Bonchev–Trinajstić information content (AvgIpc) is 2.63. The average molecular weight is 208 g/mol. The highest BCUT2D eigenvalue weighted by molar-refractivity contribution is 5.30. The zero-order chi connectivity index (χ0) is 10.7. The molecule has 1 saturated heterocycles. The lowest BCUT2D eigenvalue weighted by atomic mass is 10.2. The first-order valence-electron chi connectivity index (χ1n) is 5.25. The van der Waals surface area contributed by atoms with Crippen LogP contribution in [-0.2, 0) is 0 Å². The van der Waals surface area contributed by atoms with Crippen molar-refractivity contribution in [3.05, 3.63) is 22.7 Å². The minimum atomic E-state index is -0.154. The molecule has 0 aromatic carbocycles. The molecule has 1 unspecified atom stereocenters. The number of likely N-dealkylation sites (tertiary alicyclic amines) is 1. The predicted molar refractivity (Wildman–Crippen MR) is 59.0 cm³/mol. The molecule has 0 radical (unpaired) electrons. The molecular weight excluding hydrogens is 192 g/mol. The second-order valence-electron chi connectivity index (χ2n) is 3.92. The Morgan fingerprint density at radius 2 is 2.60 bits per heavy atom. The van der Waals surface area contributed by atoms with E-state index in [1.54, 1.807) is 6.20 Å². The van der Waals surface area contributed by atoms with E-state index < -0.39 is 0 Å². The Hall–Kier alpha value is -1.36. The molecule has 0 amide bonds. The van der Waals surface area contributed by atoms with Gasteiger partial charge in [0.1, 0.15) is 0 Å². The molecule has 0 bridgehead atoms. The Bertz CT molecular complexity index is 376. The maximum Gasteiger partial charge on any atom is 0.290 e. The fourth-order valence-electron chi connectivity index (χ4n) is 1.93. The summed E-state index contributed by atoms with van der Waals surface area (Å²) in [6.07, 6.45) is 5.55. The van der Waals surface area contributed by atoms with Crippen LogP contribution in [0.15, 0.2) is 17.2 Å². The summed E-state index contributed by atoms with van der Waals surface area (Å²) in [4.78, 5) is 20.2. The number of aromatic nitrogens is 2. The van der Waals surface area contributed by atoms with Gasteiger partial charge in [0.25, 0.3) is 5.56 Å². The molecule has 0 aliphatic carbocycles. The van der Waals surface area contributed by atoms with Crippen molar-refractivity contribution in [2.75, 3.05) is 25.5 Å². The molecule has 1 aromatic heterocycles. The summed E-state index contributed by atoms with van der Waals surface area (Å²) in [6, 6.07) is 0.520. The van der Waals surface area contributed by atoms with Gasteiger partial charge in [0, 0.05) is 25.0 Å². The second-order valence-corrected chi connectivity index (χ2v) is 3.92. The maximum absolute atomic E-state index is 11.3. The fraction of sp³-hybridized carbons (Fsp3) is 0.600. The van der Waals surface area contributed by atoms with Crippen LogP contribution < -0.4 is 10.9 Å². The first kappa shape index (κ1) is 10.2. The van der Waals surface area contributed by atoms with Gasteiger partial charge in [-0.2, -0.15) is 0 Å². The lowest BCUT2D eigenvalue weighted by Crippen LogP contribution is -2.33. The van der Waals surface area contributed by atoms with Crippen molar-refractivity contribution in [2.45, 2.75) is 18.9 Å². The molecular formula is C10H16N4O. The summed E-state index contributed by atoms with van der Waals surface area (Å²) in [6.45, 7) is 1.93. The molecule has 1 fully saturated rings. The lowest BCUT2D eigenvalue weighted by molar-refractivity contribution is 0.322. The highest BCUT2D eigenvalue weighted by atomic mass is 16.1. The van der Waals surface area contributed by atoms with Crippen molar-refractivity contribution in [3.63, 3.8) is 0 Å². The first-order valence-corrected chi connectivity index (χ1v) is 5.25. The fourth-order valence-corrected chi connectivity index (χ4v) is 1.93. The summed E-state index contributed by atoms with van der Waals surface area (Å²) in [7, 11) is 2.11. The molecule has 1 aliphatic rings. The Kier molecular flexibility index (Phi) is 3.01. The zero-order valence-electron chi connectivity index (χ0n) is 8.86. The number of hydrogen-bond donors (Lipinski definition) is 2. The van der Waals surface area contributed by atoms with Gasteiger partial charge in [-0.1, -0.05) is 0 Å². The van der Waals surface area contributed by atoms with Gasteiger partial charge in [0.2, 0.25) is 0 Å². The molecule has 5 nitrogen and oxygen atoms in total. The van der Waals surface area contributed by atoms with Gasteiger partial charge >= 0.3 is 0 Å². The third-order valence-corrected chi connectivity index (χ3v) is 2.88. The normalized spacial score (nSPS) is 21.8.